The van der Waals surface area contributed by atoms with Crippen LogP contribution in [0.5, 0.6) is 0 Å². The molecule has 1 aliphatic carbocycles. The zero-order valence-electron chi connectivity index (χ0n) is 15.1. The molecule has 0 aromatic carbocycles. The molecule has 1 heterocycles. The van der Waals surface area contributed by atoms with E-state index in [2.05, 4.69) is 41.3 Å². The predicted molar refractivity (Wildman–Crippen MR) is 105 cm³/mol. The van der Waals surface area contributed by atoms with E-state index in [-0.39, 0.29) is 29.4 Å². The molecule has 3 atom stereocenters. The summed E-state index contributed by atoms with van der Waals surface area (Å²) in [5.41, 5.74) is 0.144. The first-order valence-corrected chi connectivity index (χ1v) is 8.30. The lowest BCUT2D eigenvalue weighted by Gasteiger charge is -2.51. The number of halogens is 1. The lowest BCUT2D eigenvalue weighted by atomic mass is 9.64. The fourth-order valence-electron chi connectivity index (χ4n) is 3.30. The van der Waals surface area contributed by atoms with Crippen molar-refractivity contribution in [2.45, 2.75) is 45.4 Å². The van der Waals surface area contributed by atoms with Gasteiger partial charge in [-0.3, -0.25) is 9.89 Å². The topological polar surface area (TPSA) is 58.1 Å². The Kier molecular flexibility index (Phi) is 8.54. The van der Waals surface area contributed by atoms with Crippen LogP contribution in [0.25, 0.3) is 0 Å². The first-order valence-electron chi connectivity index (χ1n) is 8.30. The molecule has 0 aromatic heterocycles. The second kappa shape index (κ2) is 9.39. The quantitative estimate of drug-likeness (QED) is 0.384. The molecule has 7 heteroatoms. The van der Waals surface area contributed by atoms with Gasteiger partial charge in [0.2, 0.25) is 0 Å². The molecule has 23 heavy (non-hydrogen) atoms. The minimum absolute atomic E-state index is 0. The molecule has 0 amide bonds. The summed E-state index contributed by atoms with van der Waals surface area (Å²) in [5, 5.41) is 6.94. The Labute approximate surface area is 157 Å². The number of ether oxygens (including phenoxy) is 2. The highest BCUT2D eigenvalue weighted by Gasteiger charge is 2.48. The molecule has 0 radical (unpaired) electrons. The van der Waals surface area contributed by atoms with Crippen molar-refractivity contribution in [1.29, 1.82) is 0 Å². The van der Waals surface area contributed by atoms with Crippen LogP contribution in [0, 0.1) is 5.41 Å². The van der Waals surface area contributed by atoms with Crippen LogP contribution >= 0.6 is 24.0 Å². The van der Waals surface area contributed by atoms with Crippen LogP contribution in [0.4, 0.5) is 0 Å². The summed E-state index contributed by atoms with van der Waals surface area (Å²) in [6.07, 6.45) is 1.36. The molecule has 2 N–H and O–H groups in total. The summed E-state index contributed by atoms with van der Waals surface area (Å²) in [7, 11) is 3.62. The number of morpholine rings is 1. The zero-order valence-corrected chi connectivity index (χ0v) is 17.4. The van der Waals surface area contributed by atoms with E-state index in [0.29, 0.717) is 18.2 Å². The highest BCUT2D eigenvalue weighted by molar-refractivity contribution is 14.0. The number of nitrogens with zero attached hydrogens (tertiary/aromatic N) is 2. The Hall–Kier alpha value is -0.120. The molecular formula is C16H33IN4O2. The SMILES string of the molecule is CN=C(NCCN1CCOCC1C)NC1CC(OC)C1(C)C.I. The number of methoxy groups -OCH3 is 1. The van der Waals surface area contributed by atoms with Gasteiger partial charge < -0.3 is 20.1 Å². The fourth-order valence-corrected chi connectivity index (χ4v) is 3.30. The summed E-state index contributed by atoms with van der Waals surface area (Å²) >= 11 is 0. The van der Waals surface area contributed by atoms with E-state index < -0.39 is 0 Å². The molecule has 1 saturated carbocycles. The van der Waals surface area contributed by atoms with Crippen LogP contribution in [0.3, 0.4) is 0 Å². The molecule has 3 unspecified atom stereocenters. The van der Waals surface area contributed by atoms with E-state index >= 15 is 0 Å². The molecular weight excluding hydrogens is 407 g/mol. The number of rotatable bonds is 5. The van der Waals surface area contributed by atoms with Crippen molar-refractivity contribution in [2.24, 2.45) is 10.4 Å². The number of guanidine groups is 1. The fraction of sp³-hybridized carbons (Fsp3) is 0.938. The Bertz CT molecular complexity index is 392. The monoisotopic (exact) mass is 440 g/mol. The summed E-state index contributed by atoms with van der Waals surface area (Å²) in [6, 6.07) is 0.907. The maximum absolute atomic E-state index is 5.50. The predicted octanol–water partition coefficient (Wildman–Crippen LogP) is 1.30. The highest BCUT2D eigenvalue weighted by Crippen LogP contribution is 2.42. The van der Waals surface area contributed by atoms with Gasteiger partial charge in [-0.25, -0.2) is 0 Å². The van der Waals surface area contributed by atoms with Crippen molar-refractivity contribution in [1.82, 2.24) is 15.5 Å². The maximum atomic E-state index is 5.50. The smallest absolute Gasteiger partial charge is 0.191 e. The van der Waals surface area contributed by atoms with E-state index in [9.17, 15) is 0 Å². The largest absolute Gasteiger partial charge is 0.381 e. The molecule has 2 fully saturated rings. The van der Waals surface area contributed by atoms with Gasteiger partial charge in [-0.1, -0.05) is 13.8 Å². The van der Waals surface area contributed by atoms with Crippen molar-refractivity contribution in [3.8, 4) is 0 Å². The first-order chi connectivity index (χ1) is 10.5. The molecule has 0 bridgehead atoms. The lowest BCUT2D eigenvalue weighted by Crippen LogP contribution is -2.63. The zero-order chi connectivity index (χ0) is 16.2. The van der Waals surface area contributed by atoms with Gasteiger partial charge in [0.25, 0.3) is 0 Å². The molecule has 2 aliphatic rings. The second-order valence-corrected chi connectivity index (χ2v) is 6.94. The van der Waals surface area contributed by atoms with Crippen LogP contribution in [0.1, 0.15) is 27.2 Å². The summed E-state index contributed by atoms with van der Waals surface area (Å²) in [5.74, 6) is 0.883. The van der Waals surface area contributed by atoms with Crippen LogP contribution in [-0.4, -0.2) is 76.1 Å². The molecule has 0 aromatic rings. The molecule has 136 valence electrons. The van der Waals surface area contributed by atoms with Crippen molar-refractivity contribution in [3.05, 3.63) is 0 Å². The molecule has 0 spiro atoms. The average molecular weight is 440 g/mol. The number of hydrogen-bond acceptors (Lipinski definition) is 4. The van der Waals surface area contributed by atoms with Crippen molar-refractivity contribution in [3.63, 3.8) is 0 Å². The van der Waals surface area contributed by atoms with E-state index in [1.165, 1.54) is 0 Å². The molecule has 1 saturated heterocycles. The van der Waals surface area contributed by atoms with E-state index in [1.807, 2.05) is 7.05 Å². The first kappa shape index (κ1) is 20.9. The normalized spacial score (nSPS) is 31.0. The van der Waals surface area contributed by atoms with Crippen molar-refractivity contribution < 1.29 is 9.47 Å². The van der Waals surface area contributed by atoms with Crippen LogP contribution < -0.4 is 10.6 Å². The number of hydrogen-bond donors (Lipinski definition) is 2. The van der Waals surface area contributed by atoms with E-state index in [0.717, 1.165) is 45.2 Å². The number of aliphatic imine (C=N–C) groups is 1. The minimum Gasteiger partial charge on any atom is -0.381 e. The van der Waals surface area contributed by atoms with Gasteiger partial charge >= 0.3 is 0 Å². The summed E-state index contributed by atoms with van der Waals surface area (Å²) < 4.78 is 11.0. The average Bonchev–Trinajstić information content (AvgIpc) is 2.50. The van der Waals surface area contributed by atoms with E-state index in [1.54, 1.807) is 7.11 Å². The van der Waals surface area contributed by atoms with Gasteiger partial charge in [0.1, 0.15) is 0 Å². The van der Waals surface area contributed by atoms with Crippen molar-refractivity contribution >= 4 is 29.9 Å². The third-order valence-electron chi connectivity index (χ3n) is 5.19. The van der Waals surface area contributed by atoms with Gasteiger partial charge in [0, 0.05) is 51.3 Å². The second-order valence-electron chi connectivity index (χ2n) is 6.94. The van der Waals surface area contributed by atoms with Gasteiger partial charge in [0.05, 0.1) is 19.3 Å². The molecule has 1 aliphatic heterocycles. The molecule has 2 rings (SSSR count). The number of nitrogens with one attached hydrogen (secondary N) is 2. The van der Waals surface area contributed by atoms with Gasteiger partial charge in [0.15, 0.2) is 5.96 Å². The van der Waals surface area contributed by atoms with Gasteiger partial charge in [-0.05, 0) is 13.3 Å². The molecule has 6 nitrogen and oxygen atoms in total. The van der Waals surface area contributed by atoms with Crippen LogP contribution in [-0.2, 0) is 9.47 Å². The van der Waals surface area contributed by atoms with Gasteiger partial charge in [-0.2, -0.15) is 0 Å². The Morgan fingerprint density at radius 3 is 2.74 bits per heavy atom. The third-order valence-corrected chi connectivity index (χ3v) is 5.19. The Morgan fingerprint density at radius 2 is 2.17 bits per heavy atom. The highest BCUT2D eigenvalue weighted by atomic mass is 127. The summed E-state index contributed by atoms with van der Waals surface area (Å²) in [4.78, 5) is 6.79. The lowest BCUT2D eigenvalue weighted by molar-refractivity contribution is -0.0922. The Balaban J connectivity index is 0.00000264. The van der Waals surface area contributed by atoms with E-state index in [4.69, 9.17) is 9.47 Å². The minimum atomic E-state index is 0. The van der Waals surface area contributed by atoms with Gasteiger partial charge in [-0.15, -0.1) is 24.0 Å². The Morgan fingerprint density at radius 1 is 1.43 bits per heavy atom. The standard InChI is InChI=1S/C16H32N4O2.HI/c1-12-11-22-9-8-20(12)7-6-18-15(17-4)19-13-10-14(21-5)16(13,2)3;/h12-14H,6-11H2,1-5H3,(H2,17,18,19);1H. The van der Waals surface area contributed by atoms with Crippen molar-refractivity contribution in [2.75, 3.05) is 47.0 Å². The summed E-state index contributed by atoms with van der Waals surface area (Å²) in [6.45, 7) is 11.3. The maximum Gasteiger partial charge on any atom is 0.191 e. The van der Waals surface area contributed by atoms with Crippen LogP contribution in [0.15, 0.2) is 4.99 Å². The van der Waals surface area contributed by atoms with Crippen LogP contribution in [0.2, 0.25) is 0 Å². The third kappa shape index (κ3) is 5.17.